The van der Waals surface area contributed by atoms with E-state index in [-0.39, 0.29) is 10.8 Å². The Labute approximate surface area is 201 Å². The van der Waals surface area contributed by atoms with Gasteiger partial charge in [-0.15, -0.1) is 0 Å². The number of sulfonamides is 1. The van der Waals surface area contributed by atoms with Gasteiger partial charge in [-0.05, 0) is 49.9 Å². The van der Waals surface area contributed by atoms with Crippen molar-refractivity contribution in [1.82, 2.24) is 14.3 Å². The lowest BCUT2D eigenvalue weighted by atomic mass is 9.96. The lowest BCUT2D eigenvalue weighted by Crippen LogP contribution is -2.49. The SMILES string of the molecule is Cc1cc(N2CCN(S(=O)(=O)c3ccc4c(c3)CCC(=O)N4)CC2)nc(NC2CCCCC2)n1. The lowest BCUT2D eigenvalue weighted by molar-refractivity contribution is -0.116. The maximum atomic E-state index is 13.3. The summed E-state index contributed by atoms with van der Waals surface area (Å²) in [6.07, 6.45) is 7.02. The van der Waals surface area contributed by atoms with E-state index in [0.717, 1.165) is 29.9 Å². The number of aromatic nitrogens is 2. The van der Waals surface area contributed by atoms with Crippen LogP contribution in [0.3, 0.4) is 0 Å². The Hall–Kier alpha value is -2.72. The molecule has 1 aromatic heterocycles. The first kappa shape index (κ1) is 23.0. The first-order chi connectivity index (χ1) is 16.4. The number of amides is 1. The molecule has 2 aliphatic heterocycles. The van der Waals surface area contributed by atoms with Crippen molar-refractivity contribution in [2.75, 3.05) is 41.7 Å². The third-order valence-electron chi connectivity index (χ3n) is 6.95. The molecule has 1 saturated heterocycles. The first-order valence-electron chi connectivity index (χ1n) is 12.2. The average molecular weight is 485 g/mol. The monoisotopic (exact) mass is 484 g/mol. The summed E-state index contributed by atoms with van der Waals surface area (Å²) in [5, 5.41) is 6.31. The predicted molar refractivity (Wildman–Crippen MR) is 132 cm³/mol. The van der Waals surface area contributed by atoms with E-state index >= 15 is 0 Å². The van der Waals surface area contributed by atoms with Gasteiger partial charge >= 0.3 is 0 Å². The molecule has 0 atom stereocenters. The van der Waals surface area contributed by atoms with Crippen LogP contribution in [0.1, 0.15) is 49.8 Å². The second-order valence-electron chi connectivity index (χ2n) is 9.43. The van der Waals surface area contributed by atoms with Crippen molar-refractivity contribution in [3.8, 4) is 0 Å². The minimum absolute atomic E-state index is 0.0312. The van der Waals surface area contributed by atoms with Crippen LogP contribution in [0.5, 0.6) is 0 Å². The molecule has 10 heteroatoms. The fourth-order valence-corrected chi connectivity index (χ4v) is 6.51. The predicted octanol–water partition coefficient (Wildman–Crippen LogP) is 2.93. The summed E-state index contributed by atoms with van der Waals surface area (Å²) < 4.78 is 28.1. The molecule has 9 nitrogen and oxygen atoms in total. The highest BCUT2D eigenvalue weighted by Crippen LogP contribution is 2.28. The molecule has 1 saturated carbocycles. The van der Waals surface area contributed by atoms with Crippen molar-refractivity contribution in [3.05, 3.63) is 35.5 Å². The zero-order chi connectivity index (χ0) is 23.7. The number of hydrogen-bond donors (Lipinski definition) is 2. The van der Waals surface area contributed by atoms with Gasteiger partial charge in [0.1, 0.15) is 5.82 Å². The van der Waals surface area contributed by atoms with Gasteiger partial charge in [0.05, 0.1) is 4.90 Å². The number of anilines is 3. The van der Waals surface area contributed by atoms with Gasteiger partial charge in [0, 0.05) is 56.1 Å². The molecule has 1 aliphatic carbocycles. The summed E-state index contributed by atoms with van der Waals surface area (Å²) >= 11 is 0. The Bertz CT molecular complexity index is 1170. The van der Waals surface area contributed by atoms with E-state index in [1.54, 1.807) is 22.5 Å². The fraction of sp³-hybridized carbons (Fsp3) is 0.542. The molecule has 3 heterocycles. The summed E-state index contributed by atoms with van der Waals surface area (Å²) in [5.41, 5.74) is 2.48. The molecular weight excluding hydrogens is 452 g/mol. The zero-order valence-corrected chi connectivity index (χ0v) is 20.4. The Morgan fingerprint density at radius 1 is 1.00 bits per heavy atom. The van der Waals surface area contributed by atoms with Crippen molar-refractivity contribution in [1.29, 1.82) is 0 Å². The van der Waals surface area contributed by atoms with Gasteiger partial charge in [0.2, 0.25) is 21.9 Å². The second-order valence-corrected chi connectivity index (χ2v) is 11.4. The highest BCUT2D eigenvalue weighted by molar-refractivity contribution is 7.89. The molecular formula is C24H32N6O3S. The van der Waals surface area contributed by atoms with Crippen molar-refractivity contribution < 1.29 is 13.2 Å². The van der Waals surface area contributed by atoms with E-state index in [4.69, 9.17) is 4.98 Å². The molecule has 34 heavy (non-hydrogen) atoms. The Balaban J connectivity index is 1.26. The third-order valence-corrected chi connectivity index (χ3v) is 8.85. The maximum Gasteiger partial charge on any atom is 0.243 e. The first-order valence-corrected chi connectivity index (χ1v) is 13.6. The highest BCUT2D eigenvalue weighted by atomic mass is 32.2. The fourth-order valence-electron chi connectivity index (χ4n) is 5.03. The summed E-state index contributed by atoms with van der Waals surface area (Å²) in [7, 11) is -3.60. The van der Waals surface area contributed by atoms with Crippen LogP contribution in [0.15, 0.2) is 29.2 Å². The number of fused-ring (bicyclic) bond motifs is 1. The summed E-state index contributed by atoms with van der Waals surface area (Å²) in [5.74, 6) is 1.47. The number of rotatable bonds is 5. The van der Waals surface area contributed by atoms with Gasteiger partial charge in [-0.25, -0.2) is 13.4 Å². The molecule has 1 amide bonds. The Kier molecular flexibility index (Phi) is 6.44. The third kappa shape index (κ3) is 4.88. The van der Waals surface area contributed by atoms with Crippen molar-refractivity contribution >= 4 is 33.4 Å². The second kappa shape index (κ2) is 9.50. The molecule has 2 aromatic rings. The van der Waals surface area contributed by atoms with E-state index in [0.29, 0.717) is 56.7 Å². The normalized spacial score (nSPS) is 20.0. The van der Waals surface area contributed by atoms with Gasteiger partial charge in [-0.2, -0.15) is 9.29 Å². The maximum absolute atomic E-state index is 13.3. The topological polar surface area (TPSA) is 108 Å². The van der Waals surface area contributed by atoms with E-state index in [9.17, 15) is 13.2 Å². The van der Waals surface area contributed by atoms with E-state index in [1.165, 1.54) is 19.3 Å². The summed E-state index contributed by atoms with van der Waals surface area (Å²) in [6.45, 7) is 3.89. The number of hydrogen-bond acceptors (Lipinski definition) is 7. The molecule has 0 radical (unpaired) electrons. The van der Waals surface area contributed by atoms with Gasteiger partial charge in [-0.1, -0.05) is 19.3 Å². The number of nitrogens with one attached hydrogen (secondary N) is 2. The minimum Gasteiger partial charge on any atom is -0.354 e. The van der Waals surface area contributed by atoms with E-state index < -0.39 is 10.0 Å². The van der Waals surface area contributed by atoms with Crippen LogP contribution in [0.4, 0.5) is 17.5 Å². The smallest absolute Gasteiger partial charge is 0.243 e. The van der Waals surface area contributed by atoms with Crippen LogP contribution >= 0.6 is 0 Å². The molecule has 5 rings (SSSR count). The molecule has 3 aliphatic rings. The van der Waals surface area contributed by atoms with Gasteiger partial charge in [0.25, 0.3) is 0 Å². The van der Waals surface area contributed by atoms with Crippen LogP contribution in [0.25, 0.3) is 0 Å². The Morgan fingerprint density at radius 2 is 1.76 bits per heavy atom. The highest BCUT2D eigenvalue weighted by Gasteiger charge is 2.30. The number of carbonyl (C=O) groups is 1. The van der Waals surface area contributed by atoms with Gasteiger partial charge in [-0.3, -0.25) is 4.79 Å². The Morgan fingerprint density at radius 3 is 2.53 bits per heavy atom. The number of carbonyl (C=O) groups excluding carboxylic acids is 1. The molecule has 2 N–H and O–H groups in total. The van der Waals surface area contributed by atoms with Crippen molar-refractivity contribution in [3.63, 3.8) is 0 Å². The van der Waals surface area contributed by atoms with E-state index in [1.807, 2.05) is 13.0 Å². The molecule has 0 bridgehead atoms. The van der Waals surface area contributed by atoms with Crippen LogP contribution in [0, 0.1) is 6.92 Å². The number of benzene rings is 1. The standard InChI is InChI=1S/C24H32N6O3S/c1-17-15-22(28-24(25-17)26-19-5-3-2-4-6-19)29-11-13-30(14-12-29)34(32,33)20-8-9-21-18(16-20)7-10-23(31)27-21/h8-9,15-16,19H,2-7,10-14H2,1H3,(H,27,31)(H,25,26,28). The van der Waals surface area contributed by atoms with Crippen LogP contribution in [0.2, 0.25) is 0 Å². The molecule has 0 spiro atoms. The molecule has 2 fully saturated rings. The van der Waals surface area contributed by atoms with Crippen LogP contribution in [-0.4, -0.2) is 60.8 Å². The minimum atomic E-state index is -3.60. The largest absolute Gasteiger partial charge is 0.354 e. The molecule has 182 valence electrons. The van der Waals surface area contributed by atoms with Gasteiger partial charge in [0.15, 0.2) is 0 Å². The van der Waals surface area contributed by atoms with Crippen LogP contribution in [-0.2, 0) is 21.2 Å². The van der Waals surface area contributed by atoms with Crippen molar-refractivity contribution in [2.45, 2.75) is 62.8 Å². The number of piperazine rings is 1. The summed E-state index contributed by atoms with van der Waals surface area (Å²) in [4.78, 5) is 23.3. The number of aryl methyl sites for hydroxylation is 2. The van der Waals surface area contributed by atoms with Crippen molar-refractivity contribution in [2.24, 2.45) is 0 Å². The molecule has 1 aromatic carbocycles. The van der Waals surface area contributed by atoms with Crippen LogP contribution < -0.4 is 15.5 Å². The zero-order valence-electron chi connectivity index (χ0n) is 19.6. The van der Waals surface area contributed by atoms with E-state index in [2.05, 4.69) is 20.5 Å². The molecule has 0 unspecified atom stereocenters. The van der Waals surface area contributed by atoms with Gasteiger partial charge < -0.3 is 15.5 Å². The summed E-state index contributed by atoms with van der Waals surface area (Å²) in [6, 6.07) is 7.38. The number of nitrogens with zero attached hydrogens (tertiary/aromatic N) is 4. The average Bonchev–Trinajstić information content (AvgIpc) is 2.84. The lowest BCUT2D eigenvalue weighted by Gasteiger charge is -2.35. The quantitative estimate of drug-likeness (QED) is 0.672.